The first kappa shape index (κ1) is 18.6. The summed E-state index contributed by atoms with van der Waals surface area (Å²) in [6, 6.07) is 12.3. The SMILES string of the molecule is O=S(=O)(c1ccc(Cl)cc1)N1CCN(Cc2ccc3c(c2)OCCO3)CC1. The van der Waals surface area contributed by atoms with Crippen LogP contribution in [0.5, 0.6) is 11.5 Å². The van der Waals surface area contributed by atoms with Crippen LogP contribution in [0.1, 0.15) is 5.56 Å². The van der Waals surface area contributed by atoms with E-state index in [1.807, 2.05) is 18.2 Å². The van der Waals surface area contributed by atoms with Crippen molar-refractivity contribution < 1.29 is 17.9 Å². The molecule has 0 N–H and O–H groups in total. The molecule has 2 heterocycles. The second-order valence-electron chi connectivity index (χ2n) is 6.61. The number of benzene rings is 2. The van der Waals surface area contributed by atoms with E-state index in [0.717, 1.165) is 23.6 Å². The molecular formula is C19H21ClN2O4S. The number of hydrogen-bond acceptors (Lipinski definition) is 5. The summed E-state index contributed by atoms with van der Waals surface area (Å²) in [4.78, 5) is 2.53. The lowest BCUT2D eigenvalue weighted by molar-refractivity contribution is 0.169. The summed E-state index contributed by atoms with van der Waals surface area (Å²) in [5, 5.41) is 0.526. The Morgan fingerprint density at radius 1 is 0.889 bits per heavy atom. The number of halogens is 1. The van der Waals surface area contributed by atoms with E-state index in [1.54, 1.807) is 24.3 Å². The summed E-state index contributed by atoms with van der Waals surface area (Å²) in [5.41, 5.74) is 1.13. The summed E-state index contributed by atoms with van der Waals surface area (Å²) in [5.74, 6) is 1.56. The van der Waals surface area contributed by atoms with Crippen LogP contribution in [0.2, 0.25) is 5.02 Å². The van der Waals surface area contributed by atoms with Crippen molar-refractivity contribution in [1.82, 2.24) is 9.21 Å². The van der Waals surface area contributed by atoms with E-state index in [1.165, 1.54) is 4.31 Å². The molecule has 2 aromatic rings. The van der Waals surface area contributed by atoms with E-state index in [-0.39, 0.29) is 4.90 Å². The summed E-state index contributed by atoms with van der Waals surface area (Å²) in [6.45, 7) is 4.20. The normalized spacial score (nSPS) is 18.4. The highest BCUT2D eigenvalue weighted by molar-refractivity contribution is 7.89. The number of piperazine rings is 1. The molecule has 2 aliphatic rings. The first-order valence-corrected chi connectivity index (χ1v) is 10.7. The molecule has 6 nitrogen and oxygen atoms in total. The van der Waals surface area contributed by atoms with Gasteiger partial charge >= 0.3 is 0 Å². The fraction of sp³-hybridized carbons (Fsp3) is 0.368. The largest absolute Gasteiger partial charge is 0.486 e. The van der Waals surface area contributed by atoms with Crippen LogP contribution in [0.4, 0.5) is 0 Å². The molecule has 0 aromatic heterocycles. The number of rotatable bonds is 4. The fourth-order valence-corrected chi connectivity index (χ4v) is 4.88. The quantitative estimate of drug-likeness (QED) is 0.778. The molecule has 1 fully saturated rings. The minimum absolute atomic E-state index is 0.284. The number of sulfonamides is 1. The summed E-state index contributed by atoms with van der Waals surface area (Å²) >= 11 is 5.86. The second-order valence-corrected chi connectivity index (χ2v) is 8.99. The second kappa shape index (κ2) is 7.67. The molecule has 0 unspecified atom stereocenters. The maximum absolute atomic E-state index is 12.8. The molecule has 0 aliphatic carbocycles. The summed E-state index contributed by atoms with van der Waals surface area (Å²) in [7, 11) is -3.48. The minimum atomic E-state index is -3.48. The lowest BCUT2D eigenvalue weighted by Gasteiger charge is -2.34. The van der Waals surface area contributed by atoms with E-state index < -0.39 is 10.0 Å². The van der Waals surface area contributed by atoms with E-state index in [4.69, 9.17) is 21.1 Å². The van der Waals surface area contributed by atoms with Crippen LogP contribution in [-0.4, -0.2) is 57.0 Å². The Kier molecular flexibility index (Phi) is 5.27. The van der Waals surface area contributed by atoms with Crippen LogP contribution in [0.25, 0.3) is 0 Å². The molecule has 0 bridgehead atoms. The van der Waals surface area contributed by atoms with Crippen molar-refractivity contribution in [2.45, 2.75) is 11.4 Å². The highest BCUT2D eigenvalue weighted by atomic mass is 35.5. The zero-order valence-electron chi connectivity index (χ0n) is 14.8. The van der Waals surface area contributed by atoms with E-state index in [9.17, 15) is 8.42 Å². The average molecular weight is 409 g/mol. The Morgan fingerprint density at radius 2 is 1.56 bits per heavy atom. The Bertz CT molecular complexity index is 910. The average Bonchev–Trinajstić information content (AvgIpc) is 2.69. The van der Waals surface area contributed by atoms with Gasteiger partial charge in [-0.1, -0.05) is 17.7 Å². The summed E-state index contributed by atoms with van der Waals surface area (Å²) < 4.78 is 38.2. The predicted molar refractivity (Wildman–Crippen MR) is 103 cm³/mol. The van der Waals surface area contributed by atoms with E-state index in [0.29, 0.717) is 44.4 Å². The lowest BCUT2D eigenvalue weighted by atomic mass is 10.1. The van der Waals surface area contributed by atoms with Crippen LogP contribution in [0.3, 0.4) is 0 Å². The number of ether oxygens (including phenoxy) is 2. The Balaban J connectivity index is 1.38. The van der Waals surface area contributed by atoms with Gasteiger partial charge in [-0.05, 0) is 42.0 Å². The van der Waals surface area contributed by atoms with Crippen LogP contribution < -0.4 is 9.47 Å². The van der Waals surface area contributed by atoms with Crippen LogP contribution >= 0.6 is 11.6 Å². The van der Waals surface area contributed by atoms with Gasteiger partial charge in [0.15, 0.2) is 11.5 Å². The molecule has 0 radical (unpaired) electrons. The third kappa shape index (κ3) is 4.06. The smallest absolute Gasteiger partial charge is 0.243 e. The fourth-order valence-electron chi connectivity index (χ4n) is 3.33. The van der Waals surface area contributed by atoms with Crippen molar-refractivity contribution in [1.29, 1.82) is 0 Å². The molecule has 2 aliphatic heterocycles. The van der Waals surface area contributed by atoms with Gasteiger partial charge < -0.3 is 9.47 Å². The molecule has 4 rings (SSSR count). The highest BCUT2D eigenvalue weighted by Crippen LogP contribution is 2.31. The monoisotopic (exact) mass is 408 g/mol. The van der Waals surface area contributed by atoms with Crippen LogP contribution in [0, 0.1) is 0 Å². The Hall–Kier alpha value is -1.80. The van der Waals surface area contributed by atoms with Gasteiger partial charge in [0.2, 0.25) is 10.0 Å². The van der Waals surface area contributed by atoms with Gasteiger partial charge in [0.05, 0.1) is 4.90 Å². The maximum Gasteiger partial charge on any atom is 0.243 e. The first-order valence-electron chi connectivity index (χ1n) is 8.89. The molecule has 2 aromatic carbocycles. The minimum Gasteiger partial charge on any atom is -0.486 e. The van der Waals surface area contributed by atoms with Gasteiger partial charge in [-0.15, -0.1) is 0 Å². The van der Waals surface area contributed by atoms with Gasteiger partial charge in [-0.3, -0.25) is 4.90 Å². The molecule has 0 amide bonds. The van der Waals surface area contributed by atoms with Gasteiger partial charge in [-0.2, -0.15) is 4.31 Å². The maximum atomic E-state index is 12.8. The molecular weight excluding hydrogens is 388 g/mol. The van der Waals surface area contributed by atoms with Crippen molar-refractivity contribution in [3.05, 3.63) is 53.1 Å². The molecule has 0 spiro atoms. The zero-order chi connectivity index (χ0) is 18.9. The van der Waals surface area contributed by atoms with Gasteiger partial charge in [0, 0.05) is 37.7 Å². The topological polar surface area (TPSA) is 59.1 Å². The molecule has 1 saturated heterocycles. The van der Waals surface area contributed by atoms with E-state index in [2.05, 4.69) is 4.90 Å². The van der Waals surface area contributed by atoms with Crippen LogP contribution in [-0.2, 0) is 16.6 Å². The van der Waals surface area contributed by atoms with Gasteiger partial charge in [0.25, 0.3) is 0 Å². The van der Waals surface area contributed by atoms with Gasteiger partial charge in [-0.25, -0.2) is 8.42 Å². The van der Waals surface area contributed by atoms with Crippen molar-refractivity contribution >= 4 is 21.6 Å². The Morgan fingerprint density at radius 3 is 2.26 bits per heavy atom. The molecule has 0 saturated carbocycles. The molecule has 8 heteroatoms. The van der Waals surface area contributed by atoms with Crippen molar-refractivity contribution in [3.8, 4) is 11.5 Å². The van der Waals surface area contributed by atoms with Crippen molar-refractivity contribution in [3.63, 3.8) is 0 Å². The molecule has 0 atom stereocenters. The standard InChI is InChI=1S/C19H21ClN2O4S/c20-16-2-4-17(5-3-16)27(23,24)22-9-7-21(8-10-22)14-15-1-6-18-19(13-15)26-12-11-25-18/h1-6,13H,7-12,14H2. The van der Waals surface area contributed by atoms with Crippen molar-refractivity contribution in [2.24, 2.45) is 0 Å². The number of nitrogens with zero attached hydrogens (tertiary/aromatic N) is 2. The predicted octanol–water partition coefficient (Wildman–Crippen LogP) is 2.62. The first-order chi connectivity index (χ1) is 13.0. The van der Waals surface area contributed by atoms with Gasteiger partial charge in [0.1, 0.15) is 13.2 Å². The van der Waals surface area contributed by atoms with Crippen LogP contribution in [0.15, 0.2) is 47.4 Å². The summed E-state index contributed by atoms with van der Waals surface area (Å²) in [6.07, 6.45) is 0. The van der Waals surface area contributed by atoms with E-state index >= 15 is 0 Å². The molecule has 144 valence electrons. The highest BCUT2D eigenvalue weighted by Gasteiger charge is 2.28. The Labute approximate surface area is 164 Å². The van der Waals surface area contributed by atoms with Crippen molar-refractivity contribution in [2.75, 3.05) is 39.4 Å². The lowest BCUT2D eigenvalue weighted by Crippen LogP contribution is -2.48. The third-order valence-electron chi connectivity index (χ3n) is 4.80. The molecule has 27 heavy (non-hydrogen) atoms. The third-order valence-corrected chi connectivity index (χ3v) is 6.96. The zero-order valence-corrected chi connectivity index (χ0v) is 16.4. The number of fused-ring (bicyclic) bond motifs is 1. The number of hydrogen-bond donors (Lipinski definition) is 0.